The minimum atomic E-state index is -0.569. The van der Waals surface area contributed by atoms with E-state index in [4.69, 9.17) is 11.6 Å². The number of thioether (sulfide) groups is 1. The number of benzene rings is 1. The second kappa shape index (κ2) is 7.00. The molecule has 1 amide bonds. The van der Waals surface area contributed by atoms with Gasteiger partial charge in [0.05, 0.1) is 9.95 Å². The lowest BCUT2D eigenvalue weighted by Gasteiger charge is -2.22. The van der Waals surface area contributed by atoms with Crippen LogP contribution in [0.15, 0.2) is 12.1 Å². The molecule has 1 aromatic carbocycles. The van der Waals surface area contributed by atoms with E-state index in [0.29, 0.717) is 6.54 Å². The second-order valence-electron chi connectivity index (χ2n) is 5.01. The Hall–Kier alpha value is -1.47. The summed E-state index contributed by atoms with van der Waals surface area (Å²) < 4.78 is -0.115. The van der Waals surface area contributed by atoms with Gasteiger partial charge in [-0.15, -0.1) is 0 Å². The number of hydrogen-bond donors (Lipinski definition) is 2. The largest absolute Gasteiger partial charge is 0.381 e. The third-order valence-electron chi connectivity index (χ3n) is 3.01. The van der Waals surface area contributed by atoms with Gasteiger partial charge in [-0.3, -0.25) is 14.9 Å². The first-order chi connectivity index (χ1) is 9.71. The van der Waals surface area contributed by atoms with E-state index < -0.39 is 4.92 Å². The molecule has 0 radical (unpaired) electrons. The fourth-order valence-corrected chi connectivity index (χ4v) is 2.11. The molecule has 0 unspecified atom stereocenters. The van der Waals surface area contributed by atoms with Crippen LogP contribution in [0.5, 0.6) is 0 Å². The Bertz CT molecular complexity index is 564. The highest BCUT2D eigenvalue weighted by Crippen LogP contribution is 2.33. The molecule has 0 aromatic heterocycles. The Labute approximate surface area is 132 Å². The van der Waals surface area contributed by atoms with E-state index in [1.807, 2.05) is 20.1 Å². The van der Waals surface area contributed by atoms with Crippen molar-refractivity contribution in [2.45, 2.75) is 18.6 Å². The molecule has 21 heavy (non-hydrogen) atoms. The lowest BCUT2D eigenvalue weighted by Crippen LogP contribution is -2.36. The molecule has 0 aliphatic heterocycles. The summed E-state index contributed by atoms with van der Waals surface area (Å²) >= 11 is 7.61. The Balaban J connectivity index is 3.03. The average molecular weight is 332 g/mol. The molecule has 1 rings (SSSR count). The van der Waals surface area contributed by atoms with E-state index in [2.05, 4.69) is 10.6 Å². The molecule has 0 heterocycles. The van der Waals surface area contributed by atoms with Gasteiger partial charge in [0, 0.05) is 30.0 Å². The van der Waals surface area contributed by atoms with Crippen molar-refractivity contribution >= 4 is 40.6 Å². The summed E-state index contributed by atoms with van der Waals surface area (Å²) in [5.74, 6) is -0.384. The molecule has 0 fully saturated rings. The first-order valence-corrected chi connectivity index (χ1v) is 7.81. The maximum atomic E-state index is 12.1. The predicted octanol–water partition coefficient (Wildman–Crippen LogP) is 3.16. The first-order valence-electron chi connectivity index (χ1n) is 6.21. The third kappa shape index (κ3) is 4.50. The number of rotatable bonds is 6. The maximum Gasteiger partial charge on any atom is 0.294 e. The van der Waals surface area contributed by atoms with Crippen LogP contribution in [0.3, 0.4) is 0 Å². The lowest BCUT2D eigenvalue weighted by atomic mass is 10.1. The zero-order valence-corrected chi connectivity index (χ0v) is 13.9. The quantitative estimate of drug-likeness (QED) is 0.618. The maximum absolute atomic E-state index is 12.1. The van der Waals surface area contributed by atoms with Crippen molar-refractivity contribution in [1.29, 1.82) is 0 Å². The minimum Gasteiger partial charge on any atom is -0.381 e. The van der Waals surface area contributed by atoms with Gasteiger partial charge >= 0.3 is 0 Å². The SMILES string of the molecule is CNc1c(Cl)cc(C(=O)NCC(C)(C)SC)cc1[N+](=O)[O-]. The van der Waals surface area contributed by atoms with Crippen molar-refractivity contribution in [2.24, 2.45) is 0 Å². The molecule has 2 N–H and O–H groups in total. The summed E-state index contributed by atoms with van der Waals surface area (Å²) in [5.41, 5.74) is 0.143. The second-order valence-corrected chi connectivity index (χ2v) is 6.93. The summed E-state index contributed by atoms with van der Waals surface area (Å²) in [6, 6.07) is 2.64. The van der Waals surface area contributed by atoms with E-state index in [0.717, 1.165) is 0 Å². The monoisotopic (exact) mass is 331 g/mol. The van der Waals surface area contributed by atoms with E-state index in [1.54, 1.807) is 11.8 Å². The number of carbonyl (C=O) groups is 1. The highest BCUT2D eigenvalue weighted by atomic mass is 35.5. The van der Waals surface area contributed by atoms with Crippen LogP contribution < -0.4 is 10.6 Å². The zero-order valence-electron chi connectivity index (χ0n) is 12.3. The van der Waals surface area contributed by atoms with Crippen molar-refractivity contribution in [3.8, 4) is 0 Å². The van der Waals surface area contributed by atoms with Crippen LogP contribution in [0.4, 0.5) is 11.4 Å². The lowest BCUT2D eigenvalue weighted by molar-refractivity contribution is -0.383. The third-order valence-corrected chi connectivity index (χ3v) is 4.55. The van der Waals surface area contributed by atoms with Gasteiger partial charge in [-0.2, -0.15) is 11.8 Å². The number of nitrogens with zero attached hydrogens (tertiary/aromatic N) is 1. The van der Waals surface area contributed by atoms with Gasteiger partial charge in [-0.05, 0) is 26.2 Å². The molecule has 116 valence electrons. The van der Waals surface area contributed by atoms with E-state index in [1.165, 1.54) is 19.2 Å². The molecule has 0 aliphatic rings. The number of carbonyl (C=O) groups excluding carboxylic acids is 1. The Kier molecular flexibility index (Phi) is 5.86. The van der Waals surface area contributed by atoms with Gasteiger partial charge in [0.2, 0.25) is 0 Å². The van der Waals surface area contributed by atoms with Crippen LogP contribution in [0.2, 0.25) is 5.02 Å². The van der Waals surface area contributed by atoms with Gasteiger partial charge in [-0.1, -0.05) is 11.6 Å². The fourth-order valence-electron chi connectivity index (χ4n) is 1.58. The van der Waals surface area contributed by atoms with Gasteiger partial charge in [0.1, 0.15) is 5.69 Å². The highest BCUT2D eigenvalue weighted by molar-refractivity contribution is 7.99. The van der Waals surface area contributed by atoms with Gasteiger partial charge in [-0.25, -0.2) is 0 Å². The molecule has 1 aromatic rings. The van der Waals surface area contributed by atoms with Crippen LogP contribution in [0.25, 0.3) is 0 Å². The fraction of sp³-hybridized carbons (Fsp3) is 0.462. The van der Waals surface area contributed by atoms with Gasteiger partial charge < -0.3 is 10.6 Å². The predicted molar refractivity (Wildman–Crippen MR) is 87.6 cm³/mol. The minimum absolute atomic E-state index is 0.115. The number of hydrogen-bond acceptors (Lipinski definition) is 5. The Morgan fingerprint density at radius 1 is 1.48 bits per heavy atom. The summed E-state index contributed by atoms with van der Waals surface area (Å²) in [5, 5.41) is 16.6. The molecular weight excluding hydrogens is 314 g/mol. The normalized spacial score (nSPS) is 11.1. The Morgan fingerprint density at radius 3 is 2.57 bits per heavy atom. The van der Waals surface area contributed by atoms with Crippen molar-refractivity contribution in [3.63, 3.8) is 0 Å². The van der Waals surface area contributed by atoms with Crippen LogP contribution in [-0.4, -0.2) is 35.4 Å². The number of halogens is 1. The summed E-state index contributed by atoms with van der Waals surface area (Å²) in [7, 11) is 1.54. The molecule has 0 saturated carbocycles. The topological polar surface area (TPSA) is 84.3 Å². The van der Waals surface area contributed by atoms with Gasteiger partial charge in [0.25, 0.3) is 11.6 Å². The molecule has 8 heteroatoms. The van der Waals surface area contributed by atoms with E-state index in [9.17, 15) is 14.9 Å². The smallest absolute Gasteiger partial charge is 0.294 e. The van der Waals surface area contributed by atoms with Crippen LogP contribution >= 0.6 is 23.4 Å². The summed E-state index contributed by atoms with van der Waals surface area (Å²) in [6.07, 6.45) is 1.95. The average Bonchev–Trinajstić information content (AvgIpc) is 2.43. The zero-order chi connectivity index (χ0) is 16.2. The van der Waals surface area contributed by atoms with Gasteiger partial charge in [0.15, 0.2) is 0 Å². The molecule has 6 nitrogen and oxygen atoms in total. The Morgan fingerprint density at radius 2 is 2.10 bits per heavy atom. The highest BCUT2D eigenvalue weighted by Gasteiger charge is 2.22. The van der Waals surface area contributed by atoms with Crippen LogP contribution in [-0.2, 0) is 0 Å². The molecule has 0 bridgehead atoms. The molecule has 0 spiro atoms. The number of nitrogens with one attached hydrogen (secondary N) is 2. The molecule has 0 atom stereocenters. The molecule has 0 aliphatic carbocycles. The van der Waals surface area contributed by atoms with Crippen molar-refractivity contribution < 1.29 is 9.72 Å². The number of nitro groups is 1. The standard InChI is InChI=1S/C13H18ClN3O3S/c1-13(2,21-4)7-16-12(18)8-5-9(14)11(15-3)10(6-8)17(19)20/h5-6,15H,7H2,1-4H3,(H,16,18). The van der Waals surface area contributed by atoms with E-state index >= 15 is 0 Å². The van der Waals surface area contributed by atoms with Crippen molar-refractivity contribution in [3.05, 3.63) is 32.8 Å². The van der Waals surface area contributed by atoms with Crippen molar-refractivity contribution in [2.75, 3.05) is 25.2 Å². The molecular formula is C13H18ClN3O3S. The van der Waals surface area contributed by atoms with E-state index in [-0.39, 0.29) is 32.6 Å². The molecule has 0 saturated heterocycles. The summed E-state index contributed by atoms with van der Waals surface area (Å²) in [6.45, 7) is 4.45. The summed E-state index contributed by atoms with van der Waals surface area (Å²) in [4.78, 5) is 22.6. The van der Waals surface area contributed by atoms with Crippen LogP contribution in [0, 0.1) is 10.1 Å². The van der Waals surface area contributed by atoms with Crippen molar-refractivity contribution in [1.82, 2.24) is 5.32 Å². The number of nitro benzene ring substituents is 1. The van der Waals surface area contributed by atoms with Crippen LogP contribution in [0.1, 0.15) is 24.2 Å². The first kappa shape index (κ1) is 17.6. The number of anilines is 1. The number of amides is 1.